The topological polar surface area (TPSA) is 96.0 Å². The number of hydrogen-bond acceptors (Lipinski definition) is 5. The van der Waals surface area contributed by atoms with Gasteiger partial charge in [-0.1, -0.05) is 0 Å². The largest absolute Gasteiger partial charge is 0.444 e. The zero-order valence-electron chi connectivity index (χ0n) is 18.2. The first-order chi connectivity index (χ1) is 14.0. The summed E-state index contributed by atoms with van der Waals surface area (Å²) in [6, 6.07) is 6.53. The number of hydrogen-bond donors (Lipinski definition) is 1. The molecule has 162 valence electrons. The number of nitrogens with one attached hydrogen (secondary N) is 1. The molecule has 0 aliphatic carbocycles. The smallest absolute Gasteiger partial charge is 0.410 e. The maximum atomic E-state index is 12.6. The van der Waals surface area contributed by atoms with Crippen LogP contribution < -0.4 is 5.32 Å². The molecular formula is C22H29N3O5. The molecule has 0 bridgehead atoms. The molecule has 1 saturated heterocycles. The van der Waals surface area contributed by atoms with E-state index in [2.05, 4.69) is 5.32 Å². The third-order valence-electron chi connectivity index (χ3n) is 4.46. The van der Waals surface area contributed by atoms with Crippen molar-refractivity contribution in [2.45, 2.75) is 40.2 Å². The van der Waals surface area contributed by atoms with E-state index in [9.17, 15) is 19.2 Å². The Morgan fingerprint density at radius 1 is 0.933 bits per heavy atom. The van der Waals surface area contributed by atoms with E-state index in [4.69, 9.17) is 4.74 Å². The van der Waals surface area contributed by atoms with Gasteiger partial charge in [-0.15, -0.1) is 0 Å². The molecule has 0 saturated carbocycles. The highest BCUT2D eigenvalue weighted by Crippen LogP contribution is 2.14. The van der Waals surface area contributed by atoms with Crippen molar-refractivity contribution < 1.29 is 23.9 Å². The van der Waals surface area contributed by atoms with Crippen LogP contribution in [0.1, 0.15) is 45.0 Å². The van der Waals surface area contributed by atoms with Gasteiger partial charge in [-0.05, 0) is 58.9 Å². The van der Waals surface area contributed by atoms with Gasteiger partial charge in [0.05, 0.1) is 0 Å². The third-order valence-corrected chi connectivity index (χ3v) is 4.46. The van der Waals surface area contributed by atoms with Gasteiger partial charge >= 0.3 is 6.09 Å². The van der Waals surface area contributed by atoms with Crippen molar-refractivity contribution in [3.63, 3.8) is 0 Å². The molecule has 0 radical (unpaired) electrons. The predicted molar refractivity (Wildman–Crippen MR) is 113 cm³/mol. The van der Waals surface area contributed by atoms with Crippen LogP contribution in [0.5, 0.6) is 0 Å². The lowest BCUT2D eigenvalue weighted by Gasteiger charge is -2.35. The molecule has 1 aliphatic heterocycles. The summed E-state index contributed by atoms with van der Waals surface area (Å²) >= 11 is 0. The van der Waals surface area contributed by atoms with Crippen molar-refractivity contribution in [1.82, 2.24) is 9.80 Å². The summed E-state index contributed by atoms with van der Waals surface area (Å²) in [5.41, 5.74) is 0.829. The summed E-state index contributed by atoms with van der Waals surface area (Å²) in [4.78, 5) is 51.4. The summed E-state index contributed by atoms with van der Waals surface area (Å²) in [6.45, 7) is 9.98. The van der Waals surface area contributed by atoms with Crippen LogP contribution in [0.3, 0.4) is 0 Å². The molecule has 0 unspecified atom stereocenters. The SMILES string of the molecule is CC(=O)c1ccc(NC(=O)/C=C(/C)C(=O)N2CCN(C(=O)OC(C)(C)C)CC2)cc1. The Kier molecular flexibility index (Phi) is 7.37. The van der Waals surface area contributed by atoms with Crippen molar-refractivity contribution in [3.05, 3.63) is 41.5 Å². The number of Topliss-reactive ketones (excluding diaryl/α,β-unsaturated/α-hetero) is 1. The number of rotatable bonds is 4. The Hall–Kier alpha value is -3.16. The van der Waals surface area contributed by atoms with Gasteiger partial charge in [0, 0.05) is 49.1 Å². The molecule has 2 rings (SSSR count). The van der Waals surface area contributed by atoms with E-state index < -0.39 is 17.6 Å². The molecule has 0 aromatic heterocycles. The second-order valence-corrected chi connectivity index (χ2v) is 8.21. The van der Waals surface area contributed by atoms with E-state index in [0.717, 1.165) is 0 Å². The minimum Gasteiger partial charge on any atom is -0.444 e. The first-order valence-electron chi connectivity index (χ1n) is 9.84. The molecule has 1 aromatic rings. The number of carbonyl (C=O) groups excluding carboxylic acids is 4. The molecule has 1 fully saturated rings. The molecule has 1 aliphatic rings. The first-order valence-corrected chi connectivity index (χ1v) is 9.84. The molecule has 8 heteroatoms. The Morgan fingerprint density at radius 2 is 1.47 bits per heavy atom. The highest BCUT2D eigenvalue weighted by molar-refractivity contribution is 6.06. The highest BCUT2D eigenvalue weighted by Gasteiger charge is 2.28. The lowest BCUT2D eigenvalue weighted by atomic mass is 10.1. The van der Waals surface area contributed by atoms with Gasteiger partial charge in [0.15, 0.2) is 5.78 Å². The summed E-state index contributed by atoms with van der Waals surface area (Å²) in [5, 5.41) is 2.67. The monoisotopic (exact) mass is 415 g/mol. The maximum Gasteiger partial charge on any atom is 0.410 e. The van der Waals surface area contributed by atoms with Gasteiger partial charge in [-0.3, -0.25) is 14.4 Å². The summed E-state index contributed by atoms with van der Waals surface area (Å²) in [5.74, 6) is -0.731. The van der Waals surface area contributed by atoms with Crippen LogP contribution in [0, 0.1) is 0 Å². The fraction of sp³-hybridized carbons (Fsp3) is 0.455. The lowest BCUT2D eigenvalue weighted by Crippen LogP contribution is -2.51. The molecule has 0 atom stereocenters. The summed E-state index contributed by atoms with van der Waals surface area (Å²) < 4.78 is 5.35. The minimum atomic E-state index is -0.566. The van der Waals surface area contributed by atoms with Gasteiger partial charge in [0.2, 0.25) is 11.8 Å². The standard InChI is InChI=1S/C22H29N3O5/c1-15(14-19(27)23-18-8-6-17(7-9-18)16(2)26)20(28)24-10-12-25(13-11-24)21(29)30-22(3,4)5/h6-9,14H,10-13H2,1-5H3,(H,23,27)/b15-14-. The van der Waals surface area contributed by atoms with Crippen LogP contribution in [0.2, 0.25) is 0 Å². The fourth-order valence-electron chi connectivity index (χ4n) is 2.89. The number of piperazine rings is 1. The fourth-order valence-corrected chi connectivity index (χ4v) is 2.89. The minimum absolute atomic E-state index is 0.0546. The quantitative estimate of drug-likeness (QED) is 0.603. The van der Waals surface area contributed by atoms with Crippen LogP contribution in [0.4, 0.5) is 10.5 Å². The van der Waals surface area contributed by atoms with Crippen LogP contribution in [0.15, 0.2) is 35.9 Å². The van der Waals surface area contributed by atoms with Crippen molar-refractivity contribution >= 4 is 29.4 Å². The van der Waals surface area contributed by atoms with Crippen molar-refractivity contribution in [3.8, 4) is 0 Å². The Balaban J connectivity index is 1.89. The van der Waals surface area contributed by atoms with Crippen molar-refractivity contribution in [2.24, 2.45) is 0 Å². The van der Waals surface area contributed by atoms with E-state index in [1.807, 2.05) is 20.8 Å². The van der Waals surface area contributed by atoms with Gasteiger partial charge in [0.25, 0.3) is 0 Å². The zero-order valence-corrected chi connectivity index (χ0v) is 18.2. The van der Waals surface area contributed by atoms with Crippen LogP contribution in [0.25, 0.3) is 0 Å². The van der Waals surface area contributed by atoms with E-state index in [0.29, 0.717) is 43.0 Å². The lowest BCUT2D eigenvalue weighted by molar-refractivity contribution is -0.129. The highest BCUT2D eigenvalue weighted by atomic mass is 16.6. The normalized spacial score (nSPS) is 14.9. The molecule has 1 heterocycles. The van der Waals surface area contributed by atoms with Gasteiger partial charge in [-0.2, -0.15) is 0 Å². The second-order valence-electron chi connectivity index (χ2n) is 8.21. The number of ether oxygens (including phenoxy) is 1. The summed E-state index contributed by atoms with van der Waals surface area (Å²) in [7, 11) is 0. The number of amides is 3. The third kappa shape index (κ3) is 6.72. The van der Waals surface area contributed by atoms with Crippen LogP contribution in [-0.2, 0) is 14.3 Å². The van der Waals surface area contributed by atoms with Gasteiger partial charge in [-0.25, -0.2) is 4.79 Å². The van der Waals surface area contributed by atoms with E-state index in [1.54, 1.807) is 41.0 Å². The van der Waals surface area contributed by atoms with E-state index >= 15 is 0 Å². The molecular weight excluding hydrogens is 386 g/mol. The Bertz CT molecular complexity index is 845. The van der Waals surface area contributed by atoms with E-state index in [-0.39, 0.29) is 11.7 Å². The predicted octanol–water partition coefficient (Wildman–Crippen LogP) is 2.85. The van der Waals surface area contributed by atoms with Gasteiger partial charge < -0.3 is 19.9 Å². The number of benzene rings is 1. The number of carbonyl (C=O) groups is 4. The molecule has 1 aromatic carbocycles. The Labute approximate surface area is 176 Å². The molecule has 0 spiro atoms. The Morgan fingerprint density at radius 3 is 1.97 bits per heavy atom. The second kappa shape index (κ2) is 9.56. The average molecular weight is 415 g/mol. The van der Waals surface area contributed by atoms with Crippen molar-refractivity contribution in [1.29, 1.82) is 0 Å². The molecule has 1 N–H and O–H groups in total. The van der Waals surface area contributed by atoms with Crippen LogP contribution in [-0.4, -0.2) is 65.3 Å². The number of ketones is 1. The van der Waals surface area contributed by atoms with Crippen LogP contribution >= 0.6 is 0 Å². The maximum absolute atomic E-state index is 12.6. The first kappa shape index (κ1) is 23.1. The number of nitrogens with zero attached hydrogens (tertiary/aromatic N) is 2. The zero-order chi connectivity index (χ0) is 22.5. The average Bonchev–Trinajstić information content (AvgIpc) is 2.66. The van der Waals surface area contributed by atoms with Crippen molar-refractivity contribution in [2.75, 3.05) is 31.5 Å². The number of anilines is 1. The molecule has 3 amide bonds. The molecule has 8 nitrogen and oxygen atoms in total. The summed E-state index contributed by atoms with van der Waals surface area (Å²) in [6.07, 6.45) is 0.860. The molecule has 30 heavy (non-hydrogen) atoms. The van der Waals surface area contributed by atoms with Gasteiger partial charge in [0.1, 0.15) is 5.60 Å². The van der Waals surface area contributed by atoms with E-state index in [1.165, 1.54) is 13.0 Å².